The van der Waals surface area contributed by atoms with Crippen molar-refractivity contribution in [2.45, 2.75) is 70.1 Å². The Morgan fingerprint density at radius 3 is 2.70 bits per heavy atom. The van der Waals surface area contributed by atoms with E-state index in [4.69, 9.17) is 14.2 Å². The van der Waals surface area contributed by atoms with Gasteiger partial charge < -0.3 is 19.3 Å². The van der Waals surface area contributed by atoms with Gasteiger partial charge in [0.05, 0.1) is 25.0 Å². The zero-order chi connectivity index (χ0) is 18.8. The van der Waals surface area contributed by atoms with Gasteiger partial charge in [0.1, 0.15) is 18.0 Å². The third kappa shape index (κ3) is 3.76. The third-order valence-electron chi connectivity index (χ3n) is 5.93. The number of hydrogen-bond donors (Lipinski definition) is 1. The number of benzene rings is 1. The van der Waals surface area contributed by atoms with E-state index in [9.17, 15) is 9.90 Å². The first-order valence-corrected chi connectivity index (χ1v) is 10.1. The highest BCUT2D eigenvalue weighted by Gasteiger charge is 2.59. The van der Waals surface area contributed by atoms with Gasteiger partial charge in [0.2, 0.25) is 0 Å². The minimum atomic E-state index is -0.697. The molecule has 5 nitrogen and oxygen atoms in total. The van der Waals surface area contributed by atoms with Gasteiger partial charge in [-0.25, -0.2) is 0 Å². The molecule has 1 aromatic carbocycles. The molecule has 1 N–H and O–H groups in total. The van der Waals surface area contributed by atoms with Gasteiger partial charge in [-0.2, -0.15) is 0 Å². The van der Waals surface area contributed by atoms with E-state index in [-0.39, 0.29) is 36.4 Å². The molecular formula is C22H28O5. The maximum atomic E-state index is 12.0. The van der Waals surface area contributed by atoms with Crippen LogP contribution in [0.25, 0.3) is 0 Å². The van der Waals surface area contributed by atoms with E-state index in [1.807, 2.05) is 30.3 Å². The molecule has 2 heterocycles. The van der Waals surface area contributed by atoms with Crippen LogP contribution in [0.4, 0.5) is 0 Å². The number of fused-ring (bicyclic) bond motifs is 2. The van der Waals surface area contributed by atoms with Crippen molar-refractivity contribution < 1.29 is 24.1 Å². The summed E-state index contributed by atoms with van der Waals surface area (Å²) in [4.78, 5) is 12.0. The highest BCUT2D eigenvalue weighted by molar-refractivity contribution is 5.72. The van der Waals surface area contributed by atoms with Gasteiger partial charge in [-0.05, 0) is 24.5 Å². The van der Waals surface area contributed by atoms with Crippen LogP contribution in [0.15, 0.2) is 42.2 Å². The normalized spacial score (nSPS) is 34.4. The number of aliphatic hydroxyl groups is 1. The molecular weight excluding hydrogens is 344 g/mol. The third-order valence-corrected chi connectivity index (χ3v) is 5.93. The lowest BCUT2D eigenvalue weighted by molar-refractivity contribution is -0.171. The van der Waals surface area contributed by atoms with Crippen LogP contribution >= 0.6 is 0 Å². The van der Waals surface area contributed by atoms with Crippen molar-refractivity contribution in [2.75, 3.05) is 0 Å². The van der Waals surface area contributed by atoms with Crippen LogP contribution in [0.1, 0.15) is 44.6 Å². The number of carbonyl (C=O) groups excluding carboxylic acids is 1. The molecule has 1 aromatic rings. The summed E-state index contributed by atoms with van der Waals surface area (Å²) >= 11 is 0. The number of carbonyl (C=O) groups is 1. The molecule has 4 rings (SSSR count). The second kappa shape index (κ2) is 8.03. The number of unbranched alkanes of at least 4 members (excludes halogenated alkanes) is 2. The number of esters is 1. The van der Waals surface area contributed by atoms with E-state index >= 15 is 0 Å². The summed E-state index contributed by atoms with van der Waals surface area (Å²) in [7, 11) is 0. The first-order chi connectivity index (χ1) is 13.2. The van der Waals surface area contributed by atoms with Gasteiger partial charge in [-0.15, -0.1) is 0 Å². The van der Waals surface area contributed by atoms with E-state index in [1.54, 1.807) is 0 Å². The zero-order valence-electron chi connectivity index (χ0n) is 15.8. The van der Waals surface area contributed by atoms with Crippen LogP contribution < -0.4 is 0 Å². The summed E-state index contributed by atoms with van der Waals surface area (Å²) in [5.74, 6) is 0.285. The molecule has 3 aliphatic rings. The van der Waals surface area contributed by atoms with E-state index in [0.717, 1.165) is 24.2 Å². The molecule has 0 aromatic heterocycles. The molecule has 0 radical (unpaired) electrons. The Hall–Kier alpha value is -1.85. The largest absolute Gasteiger partial charge is 0.490 e. The summed E-state index contributed by atoms with van der Waals surface area (Å²) in [5, 5.41) is 10.6. The summed E-state index contributed by atoms with van der Waals surface area (Å²) in [6, 6.07) is 9.90. The number of aliphatic hydroxyl groups excluding tert-OH is 1. The van der Waals surface area contributed by atoms with E-state index in [0.29, 0.717) is 6.61 Å². The monoisotopic (exact) mass is 372 g/mol. The van der Waals surface area contributed by atoms with Crippen LogP contribution in [0.5, 0.6) is 0 Å². The lowest BCUT2D eigenvalue weighted by Gasteiger charge is -2.35. The van der Waals surface area contributed by atoms with Gasteiger partial charge in [-0.3, -0.25) is 4.79 Å². The fourth-order valence-corrected chi connectivity index (χ4v) is 4.50. The fourth-order valence-electron chi connectivity index (χ4n) is 4.50. The molecule has 2 aliphatic heterocycles. The van der Waals surface area contributed by atoms with Crippen LogP contribution in [0, 0.1) is 11.8 Å². The lowest BCUT2D eigenvalue weighted by atomic mass is 9.86. The highest BCUT2D eigenvalue weighted by Crippen LogP contribution is 2.48. The van der Waals surface area contributed by atoms with Crippen molar-refractivity contribution >= 4 is 5.97 Å². The Kier molecular flexibility index (Phi) is 5.50. The number of hydrogen-bond acceptors (Lipinski definition) is 5. The average Bonchev–Trinajstić information content (AvgIpc) is 2.79. The Morgan fingerprint density at radius 1 is 1.19 bits per heavy atom. The van der Waals surface area contributed by atoms with Crippen LogP contribution in [0.3, 0.4) is 0 Å². The predicted octanol–water partition coefficient (Wildman–Crippen LogP) is 3.36. The van der Waals surface area contributed by atoms with Crippen LogP contribution in [0.2, 0.25) is 0 Å². The quantitative estimate of drug-likeness (QED) is 0.560. The van der Waals surface area contributed by atoms with Gasteiger partial charge in [-0.1, -0.05) is 50.1 Å². The molecule has 3 unspecified atom stereocenters. The standard InChI is InChI=1S/C22H28O5/c1-2-3-5-10-15-11-17(26-15)19-16-12-18(23)27-22(20(16)24)21(19)25-13-14-8-6-4-7-9-14/h4,6-9,11,15-16,19-22,24H,2-3,5,10,12-13H2,1H3/t15?,16?,19-,20+,21+,22?/m1/s1. The van der Waals surface area contributed by atoms with E-state index in [1.165, 1.54) is 12.8 Å². The molecule has 27 heavy (non-hydrogen) atoms. The Bertz CT molecular complexity index is 685. The summed E-state index contributed by atoms with van der Waals surface area (Å²) in [6.07, 6.45) is 5.40. The van der Waals surface area contributed by atoms with Gasteiger partial charge in [0.15, 0.2) is 6.10 Å². The summed E-state index contributed by atoms with van der Waals surface area (Å²) in [5.41, 5.74) is 1.06. The minimum Gasteiger partial charge on any atom is -0.490 e. The second-order valence-corrected chi connectivity index (χ2v) is 7.82. The highest BCUT2D eigenvalue weighted by atomic mass is 16.6. The smallest absolute Gasteiger partial charge is 0.306 e. The maximum Gasteiger partial charge on any atom is 0.306 e. The van der Waals surface area contributed by atoms with Crippen molar-refractivity contribution in [2.24, 2.45) is 11.8 Å². The lowest BCUT2D eigenvalue weighted by Crippen LogP contribution is -2.41. The molecule has 6 atom stereocenters. The van der Waals surface area contributed by atoms with Crippen molar-refractivity contribution in [3.05, 3.63) is 47.7 Å². The van der Waals surface area contributed by atoms with E-state index in [2.05, 4.69) is 13.0 Å². The Morgan fingerprint density at radius 2 is 1.96 bits per heavy atom. The molecule has 0 amide bonds. The molecule has 5 heteroatoms. The second-order valence-electron chi connectivity index (χ2n) is 7.82. The predicted molar refractivity (Wildman–Crippen MR) is 99.6 cm³/mol. The topological polar surface area (TPSA) is 65.0 Å². The molecule has 1 saturated carbocycles. The molecule has 2 fully saturated rings. The summed E-state index contributed by atoms with van der Waals surface area (Å²) in [6.45, 7) is 2.61. The number of ether oxygens (including phenoxy) is 3. The van der Waals surface area contributed by atoms with Gasteiger partial charge in [0.25, 0.3) is 0 Å². The number of rotatable bonds is 8. The Labute approximate surface area is 160 Å². The summed E-state index contributed by atoms with van der Waals surface area (Å²) < 4.78 is 17.7. The van der Waals surface area contributed by atoms with Gasteiger partial charge in [0, 0.05) is 5.92 Å². The Balaban J connectivity index is 1.47. The SMILES string of the molecule is CCCCCC1C=C([C@H]2C3CC(=O)OC([C@H]3O)[C@H]2OCc2ccccc2)O1. The van der Waals surface area contributed by atoms with Crippen molar-refractivity contribution in [1.29, 1.82) is 0 Å². The molecule has 0 spiro atoms. The zero-order valence-corrected chi connectivity index (χ0v) is 15.8. The minimum absolute atomic E-state index is 0.123. The van der Waals surface area contributed by atoms with Crippen molar-refractivity contribution in [3.8, 4) is 0 Å². The van der Waals surface area contributed by atoms with Crippen molar-refractivity contribution in [1.82, 2.24) is 0 Å². The first-order valence-electron chi connectivity index (χ1n) is 10.1. The fraction of sp³-hybridized carbons (Fsp3) is 0.591. The van der Waals surface area contributed by atoms with Crippen LogP contribution in [-0.2, 0) is 25.6 Å². The molecule has 146 valence electrons. The first kappa shape index (κ1) is 18.5. The molecule has 1 saturated heterocycles. The molecule has 1 aliphatic carbocycles. The average molecular weight is 372 g/mol. The van der Waals surface area contributed by atoms with Gasteiger partial charge >= 0.3 is 5.97 Å². The molecule has 2 bridgehead atoms. The van der Waals surface area contributed by atoms with Crippen molar-refractivity contribution in [3.63, 3.8) is 0 Å². The maximum absolute atomic E-state index is 12.0. The van der Waals surface area contributed by atoms with Crippen LogP contribution in [-0.4, -0.2) is 35.5 Å². The van der Waals surface area contributed by atoms with E-state index < -0.39 is 12.2 Å².